The highest BCUT2D eigenvalue weighted by atomic mass is 35.5. The minimum Gasteiger partial charge on any atom is -0.340 e. The van der Waals surface area contributed by atoms with Gasteiger partial charge in [-0.3, -0.25) is 15.0 Å². The minimum absolute atomic E-state index is 0.307. The Morgan fingerprint density at radius 3 is 2.72 bits per heavy atom. The smallest absolute Gasteiger partial charge is 0.325 e. The summed E-state index contributed by atoms with van der Waals surface area (Å²) in [5.41, 5.74) is 1.19. The van der Waals surface area contributed by atoms with Gasteiger partial charge in [-0.05, 0) is 17.7 Å². The first-order chi connectivity index (χ1) is 14.0. The molecule has 3 heterocycles. The lowest BCUT2D eigenvalue weighted by Gasteiger charge is -2.40. The molecule has 2 atom stereocenters. The van der Waals surface area contributed by atoms with Gasteiger partial charge in [0, 0.05) is 51.3 Å². The largest absolute Gasteiger partial charge is 0.340 e. The van der Waals surface area contributed by atoms with Crippen molar-refractivity contribution < 1.29 is 9.59 Å². The fourth-order valence-corrected chi connectivity index (χ4v) is 4.32. The van der Waals surface area contributed by atoms with Gasteiger partial charge < -0.3 is 14.7 Å². The molecule has 9 heteroatoms. The average molecular weight is 417 g/mol. The summed E-state index contributed by atoms with van der Waals surface area (Å²) in [7, 11) is 1.67. The molecule has 0 aromatic heterocycles. The fraction of sp³-hybridized carbons (Fsp3) is 0.450. The second-order valence-electron chi connectivity index (χ2n) is 7.53. The molecule has 1 aromatic rings. The molecule has 4 rings (SSSR count). The first-order valence-corrected chi connectivity index (χ1v) is 10.1. The van der Waals surface area contributed by atoms with Crippen LogP contribution in [0.5, 0.6) is 0 Å². The molecule has 2 fully saturated rings. The van der Waals surface area contributed by atoms with Crippen molar-refractivity contribution >= 4 is 29.5 Å². The van der Waals surface area contributed by atoms with Crippen LogP contribution in [0.3, 0.4) is 0 Å². The number of carbonyl (C=O) groups is 2. The van der Waals surface area contributed by atoms with Crippen molar-refractivity contribution in [3.8, 4) is 0 Å². The second-order valence-corrected chi connectivity index (χ2v) is 7.96. The summed E-state index contributed by atoms with van der Waals surface area (Å²) in [6, 6.07) is 7.01. The number of nitrogens with one attached hydrogen (secondary N) is 1. The highest BCUT2D eigenvalue weighted by Crippen LogP contribution is 2.26. The Kier molecular flexibility index (Phi) is 5.47. The number of likely N-dealkylation sites (N-methyl/N-ethyl adjacent to an activating group) is 1. The van der Waals surface area contributed by atoms with Gasteiger partial charge in [-0.2, -0.15) is 0 Å². The normalized spacial score (nSPS) is 25.0. The molecule has 0 radical (unpaired) electrons. The van der Waals surface area contributed by atoms with Gasteiger partial charge in [-0.1, -0.05) is 29.8 Å². The number of benzene rings is 1. The summed E-state index contributed by atoms with van der Waals surface area (Å²) in [4.78, 5) is 37.3. The number of piperazine rings is 1. The van der Waals surface area contributed by atoms with E-state index in [4.69, 9.17) is 16.6 Å². The average Bonchev–Trinajstić information content (AvgIpc) is 3.07. The summed E-state index contributed by atoms with van der Waals surface area (Å²) in [6.07, 6.45) is 1.26. The van der Waals surface area contributed by atoms with Gasteiger partial charge in [0.1, 0.15) is 0 Å². The summed E-state index contributed by atoms with van der Waals surface area (Å²) < 4.78 is 0. The summed E-state index contributed by atoms with van der Waals surface area (Å²) in [6.45, 7) is 8.52. The zero-order valence-corrected chi connectivity index (χ0v) is 17.2. The third-order valence-corrected chi connectivity index (χ3v) is 5.85. The Morgan fingerprint density at radius 1 is 1.28 bits per heavy atom. The van der Waals surface area contributed by atoms with Crippen molar-refractivity contribution in [3.63, 3.8) is 0 Å². The van der Waals surface area contributed by atoms with Crippen LogP contribution in [-0.2, 0) is 11.3 Å². The lowest BCUT2D eigenvalue weighted by Crippen LogP contribution is -2.64. The van der Waals surface area contributed by atoms with Gasteiger partial charge in [0.25, 0.3) is 5.91 Å². The number of imide groups is 1. The second kappa shape index (κ2) is 8.04. The quantitative estimate of drug-likeness (QED) is 0.746. The van der Waals surface area contributed by atoms with Crippen LogP contribution in [0.25, 0.3) is 0 Å². The van der Waals surface area contributed by atoms with Crippen molar-refractivity contribution in [1.29, 1.82) is 0 Å². The number of amides is 3. The molecule has 29 heavy (non-hydrogen) atoms. The Balaban J connectivity index is 1.46. The molecule has 2 unspecified atom stereocenters. The third-order valence-electron chi connectivity index (χ3n) is 5.61. The zero-order valence-electron chi connectivity index (χ0n) is 16.4. The number of hydrogen-bond donors (Lipinski definition) is 1. The van der Waals surface area contributed by atoms with Crippen molar-refractivity contribution in [2.75, 3.05) is 39.8 Å². The molecular weight excluding hydrogens is 392 g/mol. The number of nitrogens with zero attached hydrogens (tertiary/aromatic N) is 5. The van der Waals surface area contributed by atoms with E-state index in [-0.39, 0.29) is 5.91 Å². The zero-order chi connectivity index (χ0) is 20.5. The number of carbonyl (C=O) groups excluding carboxylic acids is 2. The van der Waals surface area contributed by atoms with Crippen LogP contribution in [0.4, 0.5) is 4.79 Å². The Hall–Kier alpha value is -2.58. The molecule has 0 aliphatic carbocycles. The van der Waals surface area contributed by atoms with E-state index in [1.165, 1.54) is 10.5 Å². The topological polar surface area (TPSA) is 71.5 Å². The number of rotatable bonds is 4. The molecular formula is C20H25ClN6O2. The molecule has 3 aliphatic heterocycles. The van der Waals surface area contributed by atoms with Crippen LogP contribution in [0.2, 0.25) is 5.02 Å². The predicted molar refractivity (Wildman–Crippen MR) is 112 cm³/mol. The first kappa shape index (κ1) is 19.7. The van der Waals surface area contributed by atoms with Crippen LogP contribution in [0.15, 0.2) is 41.9 Å². The maximum Gasteiger partial charge on any atom is 0.325 e. The van der Waals surface area contributed by atoms with Crippen molar-refractivity contribution in [1.82, 2.24) is 24.9 Å². The third kappa shape index (κ3) is 3.82. The number of fused-ring (bicyclic) bond motifs is 1. The summed E-state index contributed by atoms with van der Waals surface area (Å²) in [5, 5.41) is 3.16. The van der Waals surface area contributed by atoms with Crippen LogP contribution < -0.4 is 5.32 Å². The van der Waals surface area contributed by atoms with Gasteiger partial charge in [0.15, 0.2) is 18.2 Å². The van der Waals surface area contributed by atoms with E-state index in [1.807, 2.05) is 23.1 Å². The molecule has 0 bridgehead atoms. The maximum absolute atomic E-state index is 12.5. The number of guanidine groups is 1. The van der Waals surface area contributed by atoms with Gasteiger partial charge in [-0.25, -0.2) is 9.79 Å². The van der Waals surface area contributed by atoms with E-state index < -0.39 is 18.2 Å². The van der Waals surface area contributed by atoms with E-state index in [2.05, 4.69) is 27.8 Å². The number of urea groups is 1. The molecule has 3 aliphatic rings. The Bertz CT molecular complexity index is 851. The highest BCUT2D eigenvalue weighted by Gasteiger charge is 2.49. The van der Waals surface area contributed by atoms with E-state index in [0.29, 0.717) is 6.54 Å². The molecule has 8 nitrogen and oxygen atoms in total. The van der Waals surface area contributed by atoms with E-state index in [9.17, 15) is 9.59 Å². The number of hydrogen-bond acceptors (Lipinski definition) is 6. The van der Waals surface area contributed by atoms with Gasteiger partial charge in [-0.15, -0.1) is 6.58 Å². The molecule has 0 saturated carbocycles. The van der Waals surface area contributed by atoms with Crippen molar-refractivity contribution in [2.24, 2.45) is 4.99 Å². The van der Waals surface area contributed by atoms with Gasteiger partial charge in [0.05, 0.1) is 0 Å². The predicted octanol–water partition coefficient (Wildman–Crippen LogP) is 1.19. The maximum atomic E-state index is 12.5. The van der Waals surface area contributed by atoms with Crippen molar-refractivity contribution in [3.05, 3.63) is 47.5 Å². The summed E-state index contributed by atoms with van der Waals surface area (Å²) in [5.74, 6) is 0.456. The lowest BCUT2D eigenvalue weighted by atomic mass is 10.1. The standard InChI is InChI=1S/C20H25ClN6O2/c1-3-7-27-16-17(24(2)20(29)23-18(16)28)22-19(27)26-10-8-25(9-11-26)13-14-5-4-6-15(21)12-14/h3-6,12,16-17H,1,7-11,13H2,2H3,(H,23,28,29). The molecule has 1 N–H and O–H groups in total. The van der Waals surface area contributed by atoms with Gasteiger partial charge >= 0.3 is 6.03 Å². The monoisotopic (exact) mass is 416 g/mol. The molecule has 3 amide bonds. The van der Waals surface area contributed by atoms with Crippen LogP contribution >= 0.6 is 11.6 Å². The first-order valence-electron chi connectivity index (χ1n) is 9.72. The van der Waals surface area contributed by atoms with Crippen LogP contribution in [0.1, 0.15) is 5.56 Å². The fourth-order valence-electron chi connectivity index (χ4n) is 4.11. The van der Waals surface area contributed by atoms with E-state index in [0.717, 1.165) is 43.7 Å². The van der Waals surface area contributed by atoms with E-state index in [1.54, 1.807) is 13.1 Å². The van der Waals surface area contributed by atoms with Crippen LogP contribution in [0, 0.1) is 0 Å². The molecule has 154 valence electrons. The lowest BCUT2D eigenvalue weighted by molar-refractivity contribution is -0.127. The summed E-state index contributed by atoms with van der Waals surface area (Å²) >= 11 is 6.09. The van der Waals surface area contributed by atoms with Crippen molar-refractivity contribution in [2.45, 2.75) is 18.8 Å². The number of halogens is 1. The Labute approximate surface area is 175 Å². The van der Waals surface area contributed by atoms with Crippen LogP contribution in [-0.4, -0.2) is 89.5 Å². The molecule has 2 saturated heterocycles. The SMILES string of the molecule is C=CCN1C(N2CCN(Cc3cccc(Cl)c3)CC2)=NC2C1C(=O)NC(=O)N2C. The minimum atomic E-state index is -0.518. The Morgan fingerprint density at radius 2 is 2.03 bits per heavy atom. The number of aliphatic imine (C=N–C) groups is 1. The highest BCUT2D eigenvalue weighted by molar-refractivity contribution is 6.30. The van der Waals surface area contributed by atoms with E-state index >= 15 is 0 Å². The molecule has 0 spiro atoms. The molecule has 1 aromatic carbocycles. The van der Waals surface area contributed by atoms with Gasteiger partial charge in [0.2, 0.25) is 0 Å².